The molecule has 0 bridgehead atoms. The summed E-state index contributed by atoms with van der Waals surface area (Å²) in [7, 11) is 0. The number of rotatable bonds is 19. The molecule has 0 aliphatic carbocycles. The molecule has 2 nitrogen and oxygen atoms in total. The quantitative estimate of drug-likeness (QED) is 0.185. The second-order valence-electron chi connectivity index (χ2n) is 7.00. The van der Waals surface area contributed by atoms with E-state index in [0.717, 1.165) is 12.8 Å². The van der Waals surface area contributed by atoms with E-state index in [1.165, 1.54) is 96.3 Å². The average Bonchev–Trinajstić information content (AvgIpc) is 2.57. The second-order valence-corrected chi connectivity index (χ2v) is 7.00. The van der Waals surface area contributed by atoms with Gasteiger partial charge in [0, 0.05) is 0 Å². The van der Waals surface area contributed by atoms with Crippen molar-refractivity contribution >= 4 is 6.47 Å². The van der Waals surface area contributed by atoms with Crippen LogP contribution in [0.5, 0.6) is 0 Å². The summed E-state index contributed by atoms with van der Waals surface area (Å²) < 4.78 is 5.03. The van der Waals surface area contributed by atoms with Crippen molar-refractivity contribution in [3.63, 3.8) is 0 Å². The molecule has 1 unspecified atom stereocenters. The summed E-state index contributed by atoms with van der Waals surface area (Å²) in [5, 5.41) is 0. The lowest BCUT2D eigenvalue weighted by molar-refractivity contribution is -0.134. The summed E-state index contributed by atoms with van der Waals surface area (Å²) in [6, 6.07) is 0. The van der Waals surface area contributed by atoms with Crippen LogP contribution in [0.4, 0.5) is 0 Å². The van der Waals surface area contributed by atoms with Crippen molar-refractivity contribution in [1.82, 2.24) is 0 Å². The normalized spacial score (nSPS) is 12.3. The molecule has 0 aromatic carbocycles. The minimum atomic E-state index is 0.148. The highest BCUT2D eigenvalue weighted by Gasteiger charge is 2.05. The molecule has 2 heteroatoms. The number of carbonyl (C=O) groups excluding carboxylic acids is 1. The minimum absolute atomic E-state index is 0.148. The number of unbranched alkanes of at least 4 members (excludes halogenated alkanes) is 14. The molecule has 138 valence electrons. The van der Waals surface area contributed by atoms with Crippen LogP contribution in [-0.4, -0.2) is 12.6 Å². The van der Waals surface area contributed by atoms with Crippen molar-refractivity contribution in [3.05, 3.63) is 0 Å². The molecule has 0 aliphatic heterocycles. The van der Waals surface area contributed by atoms with Gasteiger partial charge in [-0.05, 0) is 19.3 Å². The van der Waals surface area contributed by atoms with Crippen molar-refractivity contribution in [2.24, 2.45) is 0 Å². The predicted molar refractivity (Wildman–Crippen MR) is 101 cm³/mol. The first-order valence-electron chi connectivity index (χ1n) is 10.4. The fourth-order valence-corrected chi connectivity index (χ4v) is 3.19. The molecular formula is C21H42O2. The van der Waals surface area contributed by atoms with E-state index < -0.39 is 0 Å². The number of ether oxygens (including phenoxy) is 1. The Kier molecular flexibility index (Phi) is 19.1. The van der Waals surface area contributed by atoms with Crippen molar-refractivity contribution in [3.8, 4) is 0 Å². The van der Waals surface area contributed by atoms with Gasteiger partial charge in [0.05, 0.1) is 0 Å². The standard InChI is InChI=1S/C21H42O2/c1-3-5-6-7-8-9-10-11-12-13-14-15-16-17-18-19-21(4-2)23-20-22/h20-21H,3-19H2,1-2H3. The van der Waals surface area contributed by atoms with Gasteiger partial charge in [-0.2, -0.15) is 0 Å². The Balaban J connectivity index is 3.09. The topological polar surface area (TPSA) is 26.3 Å². The molecule has 0 saturated carbocycles. The molecular weight excluding hydrogens is 284 g/mol. The summed E-state index contributed by atoms with van der Waals surface area (Å²) in [5.74, 6) is 0. The van der Waals surface area contributed by atoms with Gasteiger partial charge >= 0.3 is 0 Å². The Labute approximate surface area is 145 Å². The van der Waals surface area contributed by atoms with E-state index in [2.05, 4.69) is 13.8 Å². The van der Waals surface area contributed by atoms with Crippen molar-refractivity contribution in [1.29, 1.82) is 0 Å². The zero-order valence-corrected chi connectivity index (χ0v) is 16.0. The van der Waals surface area contributed by atoms with Gasteiger partial charge in [-0.25, -0.2) is 0 Å². The highest BCUT2D eigenvalue weighted by molar-refractivity contribution is 5.37. The fourth-order valence-electron chi connectivity index (χ4n) is 3.19. The summed E-state index contributed by atoms with van der Waals surface area (Å²) in [5.41, 5.74) is 0. The molecule has 0 amide bonds. The Morgan fingerprint density at radius 1 is 0.652 bits per heavy atom. The number of carbonyl (C=O) groups is 1. The van der Waals surface area contributed by atoms with Crippen LogP contribution in [0.15, 0.2) is 0 Å². The van der Waals surface area contributed by atoms with Gasteiger partial charge in [0.25, 0.3) is 6.47 Å². The van der Waals surface area contributed by atoms with E-state index in [0.29, 0.717) is 6.47 Å². The molecule has 0 radical (unpaired) electrons. The van der Waals surface area contributed by atoms with Crippen LogP contribution in [0.1, 0.15) is 123 Å². The number of hydrogen-bond acceptors (Lipinski definition) is 2. The zero-order valence-electron chi connectivity index (χ0n) is 16.0. The van der Waals surface area contributed by atoms with Crippen LogP contribution in [0, 0.1) is 0 Å². The smallest absolute Gasteiger partial charge is 0.293 e. The second kappa shape index (κ2) is 19.5. The first-order chi connectivity index (χ1) is 11.3. The Morgan fingerprint density at radius 3 is 1.39 bits per heavy atom. The Bertz CT molecular complexity index is 228. The molecule has 0 fully saturated rings. The van der Waals surface area contributed by atoms with Gasteiger partial charge in [-0.1, -0.05) is 104 Å². The average molecular weight is 327 g/mol. The third-order valence-corrected chi connectivity index (χ3v) is 4.83. The first kappa shape index (κ1) is 22.5. The molecule has 0 heterocycles. The summed E-state index contributed by atoms with van der Waals surface area (Å²) in [6.45, 7) is 4.96. The fraction of sp³-hybridized carbons (Fsp3) is 0.952. The van der Waals surface area contributed by atoms with Gasteiger partial charge in [0.1, 0.15) is 6.10 Å². The van der Waals surface area contributed by atoms with E-state index in [4.69, 9.17) is 4.74 Å². The van der Waals surface area contributed by atoms with Gasteiger partial charge in [0.2, 0.25) is 0 Å². The molecule has 0 rings (SSSR count). The van der Waals surface area contributed by atoms with Crippen molar-refractivity contribution in [2.75, 3.05) is 0 Å². The molecule has 1 atom stereocenters. The van der Waals surface area contributed by atoms with Gasteiger partial charge in [-0.3, -0.25) is 4.79 Å². The maximum atomic E-state index is 10.3. The SMILES string of the molecule is CCCCCCCCCCCCCCCCCC(CC)OC=O. The molecule has 23 heavy (non-hydrogen) atoms. The molecule has 0 aliphatic rings. The third-order valence-electron chi connectivity index (χ3n) is 4.83. The molecule has 0 aromatic rings. The summed E-state index contributed by atoms with van der Waals surface area (Å²) in [6.07, 6.45) is 23.0. The van der Waals surface area contributed by atoms with Crippen LogP contribution >= 0.6 is 0 Å². The van der Waals surface area contributed by atoms with E-state index in [-0.39, 0.29) is 6.10 Å². The lowest BCUT2D eigenvalue weighted by atomic mass is 10.0. The van der Waals surface area contributed by atoms with E-state index >= 15 is 0 Å². The Morgan fingerprint density at radius 2 is 1.04 bits per heavy atom. The van der Waals surface area contributed by atoms with Gasteiger partial charge in [-0.15, -0.1) is 0 Å². The van der Waals surface area contributed by atoms with E-state index in [1.54, 1.807) is 0 Å². The highest BCUT2D eigenvalue weighted by atomic mass is 16.5. The van der Waals surface area contributed by atoms with Gasteiger partial charge < -0.3 is 4.74 Å². The number of hydrogen-bond donors (Lipinski definition) is 0. The van der Waals surface area contributed by atoms with Gasteiger partial charge in [0.15, 0.2) is 0 Å². The van der Waals surface area contributed by atoms with E-state index in [1.807, 2.05) is 0 Å². The molecule has 0 saturated heterocycles. The lowest BCUT2D eigenvalue weighted by Gasteiger charge is -2.12. The van der Waals surface area contributed by atoms with Crippen LogP contribution in [-0.2, 0) is 9.53 Å². The van der Waals surface area contributed by atoms with Crippen LogP contribution in [0.3, 0.4) is 0 Å². The maximum Gasteiger partial charge on any atom is 0.293 e. The third kappa shape index (κ3) is 17.7. The maximum absolute atomic E-state index is 10.3. The lowest BCUT2D eigenvalue weighted by Crippen LogP contribution is -2.10. The first-order valence-corrected chi connectivity index (χ1v) is 10.4. The van der Waals surface area contributed by atoms with Crippen LogP contribution in [0.25, 0.3) is 0 Å². The monoisotopic (exact) mass is 326 g/mol. The van der Waals surface area contributed by atoms with Crippen molar-refractivity contribution in [2.45, 2.75) is 129 Å². The highest BCUT2D eigenvalue weighted by Crippen LogP contribution is 2.15. The summed E-state index contributed by atoms with van der Waals surface area (Å²) >= 11 is 0. The Hall–Kier alpha value is -0.530. The molecule has 0 N–H and O–H groups in total. The minimum Gasteiger partial charge on any atom is -0.465 e. The zero-order chi connectivity index (χ0) is 17.0. The molecule has 0 spiro atoms. The van der Waals surface area contributed by atoms with Crippen LogP contribution < -0.4 is 0 Å². The molecule has 0 aromatic heterocycles. The summed E-state index contributed by atoms with van der Waals surface area (Å²) in [4.78, 5) is 10.3. The largest absolute Gasteiger partial charge is 0.465 e. The van der Waals surface area contributed by atoms with Crippen molar-refractivity contribution < 1.29 is 9.53 Å². The van der Waals surface area contributed by atoms with Crippen LogP contribution in [0.2, 0.25) is 0 Å². The van der Waals surface area contributed by atoms with E-state index in [9.17, 15) is 4.79 Å². The predicted octanol–water partition coefficient (Wildman–Crippen LogP) is 7.20.